The second kappa shape index (κ2) is 5.00. The average molecular weight is 341 g/mol. The maximum absolute atomic E-state index is 12.0. The Morgan fingerprint density at radius 3 is 2.77 bits per heavy atom. The second-order valence-electron chi connectivity index (χ2n) is 4.90. The standard InChI is InChI=1S/C12H11N3O5S2/c13-22(19,20)7-4-10(16)15(5-7)12-14-8-2-1-6(11(17)18)3-9(8)21-12/h1-3,7H,4-5H2,(H,17,18)(H2,13,19,20). The molecule has 1 aromatic heterocycles. The summed E-state index contributed by atoms with van der Waals surface area (Å²) in [6, 6.07) is 4.44. The van der Waals surface area contributed by atoms with E-state index >= 15 is 0 Å². The molecule has 0 spiro atoms. The Hall–Kier alpha value is -2.04. The number of carbonyl (C=O) groups is 2. The molecular weight excluding hydrogens is 330 g/mol. The zero-order valence-electron chi connectivity index (χ0n) is 11.1. The van der Waals surface area contributed by atoms with E-state index in [-0.39, 0.29) is 24.4 Å². The van der Waals surface area contributed by atoms with Crippen LogP contribution in [0.5, 0.6) is 0 Å². The number of primary sulfonamides is 1. The summed E-state index contributed by atoms with van der Waals surface area (Å²) in [6.07, 6.45) is -0.171. The summed E-state index contributed by atoms with van der Waals surface area (Å²) in [7, 11) is -3.79. The van der Waals surface area contributed by atoms with Crippen molar-refractivity contribution in [2.45, 2.75) is 11.7 Å². The molecule has 8 nitrogen and oxygen atoms in total. The van der Waals surface area contributed by atoms with Crippen molar-refractivity contribution >= 4 is 48.6 Å². The van der Waals surface area contributed by atoms with Gasteiger partial charge in [0.05, 0.1) is 15.8 Å². The van der Waals surface area contributed by atoms with Gasteiger partial charge in [0, 0.05) is 13.0 Å². The van der Waals surface area contributed by atoms with Crippen LogP contribution in [0.2, 0.25) is 0 Å². The highest BCUT2D eigenvalue weighted by Gasteiger charge is 2.38. The summed E-state index contributed by atoms with van der Waals surface area (Å²) < 4.78 is 23.3. The number of hydrogen-bond donors (Lipinski definition) is 2. The van der Waals surface area contributed by atoms with Crippen molar-refractivity contribution in [3.05, 3.63) is 23.8 Å². The first-order valence-electron chi connectivity index (χ1n) is 6.21. The molecule has 1 aliphatic heterocycles. The van der Waals surface area contributed by atoms with Crippen molar-refractivity contribution in [2.24, 2.45) is 5.14 Å². The number of hydrogen-bond acceptors (Lipinski definition) is 6. The molecule has 1 unspecified atom stereocenters. The smallest absolute Gasteiger partial charge is 0.335 e. The third-order valence-electron chi connectivity index (χ3n) is 3.41. The molecule has 1 amide bonds. The lowest BCUT2D eigenvalue weighted by atomic mass is 10.2. The van der Waals surface area contributed by atoms with Gasteiger partial charge in [0.1, 0.15) is 5.25 Å². The number of anilines is 1. The van der Waals surface area contributed by atoms with E-state index in [0.717, 1.165) is 11.3 Å². The minimum atomic E-state index is -3.79. The second-order valence-corrected chi connectivity index (χ2v) is 7.76. The molecule has 0 aliphatic carbocycles. The van der Waals surface area contributed by atoms with Crippen molar-refractivity contribution in [2.75, 3.05) is 11.4 Å². The summed E-state index contributed by atoms with van der Waals surface area (Å²) >= 11 is 1.14. The summed E-state index contributed by atoms with van der Waals surface area (Å²) in [4.78, 5) is 28.4. The molecule has 1 aromatic carbocycles. The van der Waals surface area contributed by atoms with Crippen LogP contribution in [0.1, 0.15) is 16.8 Å². The SMILES string of the molecule is NS(=O)(=O)C1CC(=O)N(c2nc3ccc(C(=O)O)cc3s2)C1. The molecule has 3 N–H and O–H groups in total. The fourth-order valence-electron chi connectivity index (χ4n) is 2.24. The van der Waals surface area contributed by atoms with Gasteiger partial charge in [0.15, 0.2) is 5.13 Å². The summed E-state index contributed by atoms with van der Waals surface area (Å²) in [5, 5.41) is 13.4. The van der Waals surface area contributed by atoms with E-state index < -0.39 is 21.2 Å². The van der Waals surface area contributed by atoms with E-state index in [1.165, 1.54) is 17.0 Å². The number of carboxylic acids is 1. The van der Waals surface area contributed by atoms with Gasteiger partial charge in [-0.15, -0.1) is 0 Å². The van der Waals surface area contributed by atoms with Gasteiger partial charge in [-0.1, -0.05) is 11.3 Å². The highest BCUT2D eigenvalue weighted by atomic mass is 32.2. The van der Waals surface area contributed by atoms with Crippen LogP contribution in [0.15, 0.2) is 18.2 Å². The molecule has 22 heavy (non-hydrogen) atoms. The molecule has 1 atom stereocenters. The minimum Gasteiger partial charge on any atom is -0.478 e. The molecular formula is C12H11N3O5S2. The topological polar surface area (TPSA) is 131 Å². The highest BCUT2D eigenvalue weighted by molar-refractivity contribution is 7.89. The number of carbonyl (C=O) groups excluding carboxylic acids is 1. The number of aromatic nitrogens is 1. The molecule has 0 saturated carbocycles. The number of fused-ring (bicyclic) bond motifs is 1. The lowest BCUT2D eigenvalue weighted by Crippen LogP contribution is -2.32. The van der Waals surface area contributed by atoms with Crippen molar-refractivity contribution in [1.82, 2.24) is 4.98 Å². The Morgan fingerprint density at radius 1 is 1.45 bits per heavy atom. The van der Waals surface area contributed by atoms with Crippen LogP contribution >= 0.6 is 11.3 Å². The van der Waals surface area contributed by atoms with Gasteiger partial charge >= 0.3 is 5.97 Å². The Bertz CT molecular complexity index is 889. The predicted molar refractivity (Wildman–Crippen MR) is 80.4 cm³/mol. The number of aromatic carboxylic acids is 1. The largest absolute Gasteiger partial charge is 0.478 e. The van der Waals surface area contributed by atoms with Crippen LogP contribution in [0.25, 0.3) is 10.2 Å². The van der Waals surface area contributed by atoms with Gasteiger partial charge in [-0.25, -0.2) is 23.3 Å². The zero-order chi connectivity index (χ0) is 16.1. The highest BCUT2D eigenvalue weighted by Crippen LogP contribution is 2.32. The lowest BCUT2D eigenvalue weighted by Gasteiger charge is -2.11. The van der Waals surface area contributed by atoms with Gasteiger partial charge in [-0.3, -0.25) is 9.69 Å². The predicted octanol–water partition coefficient (Wildman–Crippen LogP) is 0.388. The van der Waals surface area contributed by atoms with Crippen molar-refractivity contribution in [1.29, 1.82) is 0 Å². The Labute approximate surface area is 129 Å². The molecule has 2 aromatic rings. The molecule has 1 saturated heterocycles. The molecule has 2 heterocycles. The van der Waals surface area contributed by atoms with Gasteiger partial charge in [0.2, 0.25) is 15.9 Å². The summed E-state index contributed by atoms with van der Waals surface area (Å²) in [6.45, 7) is -0.0384. The maximum atomic E-state index is 12.0. The van der Waals surface area contributed by atoms with E-state index in [1.807, 2.05) is 0 Å². The number of nitrogens with zero attached hydrogens (tertiary/aromatic N) is 2. The van der Waals surface area contributed by atoms with E-state index in [1.54, 1.807) is 6.07 Å². The fourth-order valence-corrected chi connectivity index (χ4v) is 4.00. The van der Waals surface area contributed by atoms with Crippen LogP contribution in [0.4, 0.5) is 5.13 Å². The molecule has 3 rings (SSSR count). The van der Waals surface area contributed by atoms with Gasteiger partial charge in [0.25, 0.3) is 0 Å². The zero-order valence-corrected chi connectivity index (χ0v) is 12.7. The number of thiazole rings is 1. The number of rotatable bonds is 3. The first-order valence-corrected chi connectivity index (χ1v) is 8.64. The molecule has 116 valence electrons. The quantitative estimate of drug-likeness (QED) is 0.830. The Kier molecular flexibility index (Phi) is 3.38. The van der Waals surface area contributed by atoms with Crippen molar-refractivity contribution < 1.29 is 23.1 Å². The van der Waals surface area contributed by atoms with E-state index in [9.17, 15) is 18.0 Å². The van der Waals surface area contributed by atoms with Crippen molar-refractivity contribution in [3.8, 4) is 0 Å². The monoisotopic (exact) mass is 341 g/mol. The lowest BCUT2D eigenvalue weighted by molar-refractivity contribution is -0.117. The average Bonchev–Trinajstić information content (AvgIpc) is 2.99. The van der Waals surface area contributed by atoms with Gasteiger partial charge in [-0.05, 0) is 18.2 Å². The number of nitrogens with two attached hydrogens (primary N) is 1. The van der Waals surface area contributed by atoms with E-state index in [4.69, 9.17) is 10.2 Å². The molecule has 1 fully saturated rings. The van der Waals surface area contributed by atoms with Crippen LogP contribution in [-0.4, -0.2) is 42.2 Å². The van der Waals surface area contributed by atoms with E-state index in [2.05, 4.69) is 4.98 Å². The minimum absolute atomic E-state index is 0.0384. The Morgan fingerprint density at radius 2 is 2.18 bits per heavy atom. The first-order chi connectivity index (χ1) is 10.3. The summed E-state index contributed by atoms with van der Waals surface area (Å²) in [5.74, 6) is -1.42. The summed E-state index contributed by atoms with van der Waals surface area (Å²) in [5.41, 5.74) is 0.676. The first kappa shape index (κ1) is 14.9. The number of sulfonamides is 1. The van der Waals surface area contributed by atoms with Crippen LogP contribution in [0.3, 0.4) is 0 Å². The third kappa shape index (κ3) is 2.56. The Balaban J connectivity index is 1.97. The molecule has 10 heteroatoms. The van der Waals surface area contributed by atoms with Gasteiger partial charge < -0.3 is 5.11 Å². The van der Waals surface area contributed by atoms with Crippen LogP contribution in [-0.2, 0) is 14.8 Å². The molecule has 0 bridgehead atoms. The van der Waals surface area contributed by atoms with Crippen LogP contribution in [0, 0.1) is 0 Å². The third-order valence-corrected chi connectivity index (χ3v) is 5.70. The fraction of sp³-hybridized carbons (Fsp3) is 0.250. The van der Waals surface area contributed by atoms with E-state index in [0.29, 0.717) is 15.3 Å². The normalized spacial score (nSPS) is 19.0. The maximum Gasteiger partial charge on any atom is 0.335 e. The van der Waals surface area contributed by atoms with Gasteiger partial charge in [-0.2, -0.15) is 0 Å². The van der Waals surface area contributed by atoms with Crippen molar-refractivity contribution in [3.63, 3.8) is 0 Å². The number of benzene rings is 1. The molecule has 1 aliphatic rings. The molecule has 0 radical (unpaired) electrons. The van der Waals surface area contributed by atoms with Crippen LogP contribution < -0.4 is 10.0 Å². The number of carboxylic acid groups (broad SMARTS) is 1. The number of amides is 1.